The summed E-state index contributed by atoms with van der Waals surface area (Å²) in [7, 11) is 1.88. The quantitative estimate of drug-likeness (QED) is 0.792. The van der Waals surface area contributed by atoms with Gasteiger partial charge < -0.3 is 4.90 Å². The van der Waals surface area contributed by atoms with E-state index in [1.165, 1.54) is 6.07 Å². The van der Waals surface area contributed by atoms with Crippen LogP contribution in [0, 0.1) is 17.1 Å². The van der Waals surface area contributed by atoms with Gasteiger partial charge in [0.1, 0.15) is 5.82 Å². The number of rotatable bonds is 4. The maximum atomic E-state index is 13.5. The average molecular weight is 285 g/mol. The van der Waals surface area contributed by atoms with Gasteiger partial charge in [0.05, 0.1) is 12.5 Å². The number of benzene rings is 1. The molecule has 1 unspecified atom stereocenters. The molecule has 0 radical (unpaired) electrons. The first-order valence-corrected chi connectivity index (χ1v) is 6.17. The Morgan fingerprint density at radius 3 is 2.81 bits per heavy atom. The average Bonchev–Trinajstić information content (AvgIpc) is 2.28. The Labute approximate surface area is 104 Å². The summed E-state index contributed by atoms with van der Waals surface area (Å²) >= 11 is 3.28. The zero-order valence-corrected chi connectivity index (χ0v) is 11.0. The van der Waals surface area contributed by atoms with E-state index in [-0.39, 0.29) is 11.9 Å². The first-order valence-electron chi connectivity index (χ1n) is 5.05. The highest BCUT2D eigenvalue weighted by Crippen LogP contribution is 2.26. The number of nitrogens with zero attached hydrogens (tertiary/aromatic N) is 2. The maximum absolute atomic E-state index is 13.5. The van der Waals surface area contributed by atoms with E-state index in [4.69, 9.17) is 5.26 Å². The summed E-state index contributed by atoms with van der Waals surface area (Å²) in [6.45, 7) is 1.95. The molecule has 16 heavy (non-hydrogen) atoms. The van der Waals surface area contributed by atoms with Gasteiger partial charge in [0.2, 0.25) is 0 Å². The second kappa shape index (κ2) is 5.86. The summed E-state index contributed by atoms with van der Waals surface area (Å²) in [6.07, 6.45) is 0.425. The highest BCUT2D eigenvalue weighted by atomic mass is 79.9. The maximum Gasteiger partial charge on any atom is 0.129 e. The van der Waals surface area contributed by atoms with E-state index in [9.17, 15) is 4.39 Å². The topological polar surface area (TPSA) is 27.0 Å². The lowest BCUT2D eigenvalue weighted by Crippen LogP contribution is -2.29. The number of alkyl halides is 1. The molecule has 0 aliphatic carbocycles. The Morgan fingerprint density at radius 1 is 1.56 bits per heavy atom. The lowest BCUT2D eigenvalue weighted by atomic mass is 10.1. The predicted octanol–water partition coefficient (Wildman–Crippen LogP) is 3.46. The summed E-state index contributed by atoms with van der Waals surface area (Å²) in [5.74, 6) is -0.217. The summed E-state index contributed by atoms with van der Waals surface area (Å²) in [6, 6.07) is 7.20. The minimum atomic E-state index is -0.217. The first kappa shape index (κ1) is 13.0. The van der Waals surface area contributed by atoms with Crippen molar-refractivity contribution in [3.63, 3.8) is 0 Å². The fourth-order valence-corrected chi connectivity index (χ4v) is 2.07. The highest BCUT2D eigenvalue weighted by molar-refractivity contribution is 9.08. The summed E-state index contributed by atoms with van der Waals surface area (Å²) in [5, 5.41) is 9.12. The van der Waals surface area contributed by atoms with Crippen molar-refractivity contribution < 1.29 is 4.39 Å². The fraction of sp³-hybridized carbons (Fsp3) is 0.417. The molecule has 2 nitrogen and oxygen atoms in total. The van der Waals surface area contributed by atoms with Gasteiger partial charge in [0.15, 0.2) is 0 Å². The minimum Gasteiger partial charge on any atom is -0.371 e. The number of hydrogen-bond donors (Lipinski definition) is 0. The number of nitriles is 1. The van der Waals surface area contributed by atoms with Crippen molar-refractivity contribution >= 4 is 21.6 Å². The molecule has 1 rings (SSSR count). The van der Waals surface area contributed by atoms with Crippen LogP contribution in [0.2, 0.25) is 0 Å². The van der Waals surface area contributed by atoms with Crippen molar-refractivity contribution in [1.29, 1.82) is 5.26 Å². The molecule has 4 heteroatoms. The van der Waals surface area contributed by atoms with E-state index in [1.54, 1.807) is 6.07 Å². The summed E-state index contributed by atoms with van der Waals surface area (Å²) in [4.78, 5) is 1.93. The molecular weight excluding hydrogens is 271 g/mol. The van der Waals surface area contributed by atoms with Crippen LogP contribution in [-0.4, -0.2) is 13.1 Å². The molecule has 0 saturated heterocycles. The van der Waals surface area contributed by atoms with Crippen molar-refractivity contribution in [2.75, 3.05) is 11.9 Å². The second-order valence-electron chi connectivity index (χ2n) is 3.69. The Bertz CT molecular complexity index is 400. The molecule has 0 aliphatic heterocycles. The van der Waals surface area contributed by atoms with Crippen LogP contribution in [0.25, 0.3) is 0 Å². The van der Waals surface area contributed by atoms with Crippen LogP contribution in [0.5, 0.6) is 0 Å². The molecular formula is C12H14BrFN2. The van der Waals surface area contributed by atoms with Crippen molar-refractivity contribution in [3.05, 3.63) is 29.6 Å². The van der Waals surface area contributed by atoms with Crippen molar-refractivity contribution in [2.45, 2.75) is 24.7 Å². The zero-order chi connectivity index (χ0) is 12.1. The zero-order valence-electron chi connectivity index (χ0n) is 9.37. The minimum absolute atomic E-state index is 0.0737. The van der Waals surface area contributed by atoms with Crippen LogP contribution in [0.1, 0.15) is 18.9 Å². The molecule has 1 atom stereocenters. The van der Waals surface area contributed by atoms with Crippen LogP contribution < -0.4 is 4.90 Å². The van der Waals surface area contributed by atoms with E-state index >= 15 is 0 Å². The van der Waals surface area contributed by atoms with Gasteiger partial charge in [-0.05, 0) is 19.1 Å². The molecule has 0 saturated carbocycles. The van der Waals surface area contributed by atoms with Crippen LogP contribution in [-0.2, 0) is 5.33 Å². The van der Waals surface area contributed by atoms with Gasteiger partial charge in [-0.15, -0.1) is 0 Å². The second-order valence-corrected chi connectivity index (χ2v) is 4.25. The Balaban J connectivity index is 3.04. The third-order valence-electron chi connectivity index (χ3n) is 2.66. The van der Waals surface area contributed by atoms with E-state index in [0.717, 1.165) is 5.69 Å². The van der Waals surface area contributed by atoms with Crippen LogP contribution in [0.3, 0.4) is 0 Å². The highest BCUT2D eigenvalue weighted by Gasteiger charge is 2.15. The van der Waals surface area contributed by atoms with Crippen LogP contribution >= 0.6 is 15.9 Å². The van der Waals surface area contributed by atoms with Crippen molar-refractivity contribution in [3.8, 4) is 6.07 Å². The standard InChI is InChI=1S/C12H14BrFN2/c1-9(6-7-15)16(2)12-5-3-4-11(14)10(12)8-13/h3-5,9H,6,8H2,1-2H3. The molecule has 0 aromatic heterocycles. The van der Waals surface area contributed by atoms with Gasteiger partial charge in [-0.1, -0.05) is 22.0 Å². The van der Waals surface area contributed by atoms with E-state index < -0.39 is 0 Å². The van der Waals surface area contributed by atoms with Crippen LogP contribution in [0.15, 0.2) is 18.2 Å². The van der Waals surface area contributed by atoms with Crippen molar-refractivity contribution in [1.82, 2.24) is 0 Å². The lowest BCUT2D eigenvalue weighted by molar-refractivity contribution is 0.613. The summed E-state index contributed by atoms with van der Waals surface area (Å²) < 4.78 is 13.5. The molecule has 0 aliphatic rings. The molecule has 0 N–H and O–H groups in total. The largest absolute Gasteiger partial charge is 0.371 e. The molecule has 0 amide bonds. The monoisotopic (exact) mass is 284 g/mol. The molecule has 1 aromatic carbocycles. The normalized spacial score (nSPS) is 11.9. The molecule has 0 bridgehead atoms. The predicted molar refractivity (Wildman–Crippen MR) is 67.1 cm³/mol. The number of halogens is 2. The SMILES string of the molecule is CC(CC#N)N(C)c1cccc(F)c1CBr. The van der Waals surface area contributed by atoms with E-state index in [0.29, 0.717) is 17.3 Å². The van der Waals surface area contributed by atoms with Crippen LogP contribution in [0.4, 0.5) is 10.1 Å². The lowest BCUT2D eigenvalue weighted by Gasteiger charge is -2.27. The van der Waals surface area contributed by atoms with Gasteiger partial charge >= 0.3 is 0 Å². The third kappa shape index (κ3) is 2.73. The van der Waals surface area contributed by atoms with Gasteiger partial charge in [0, 0.05) is 29.7 Å². The van der Waals surface area contributed by atoms with Gasteiger partial charge in [-0.2, -0.15) is 5.26 Å². The Hall–Kier alpha value is -1.08. The molecule has 1 aromatic rings. The number of anilines is 1. The van der Waals surface area contributed by atoms with Gasteiger partial charge in [-0.25, -0.2) is 4.39 Å². The van der Waals surface area contributed by atoms with E-state index in [2.05, 4.69) is 22.0 Å². The Kier molecular flexibility index (Phi) is 4.75. The smallest absolute Gasteiger partial charge is 0.129 e. The van der Waals surface area contributed by atoms with Crippen molar-refractivity contribution in [2.24, 2.45) is 0 Å². The third-order valence-corrected chi connectivity index (χ3v) is 3.22. The molecule has 0 fully saturated rings. The molecule has 86 valence electrons. The number of hydrogen-bond acceptors (Lipinski definition) is 2. The molecule has 0 heterocycles. The summed E-state index contributed by atoms with van der Waals surface area (Å²) in [5.41, 5.74) is 1.47. The van der Waals surface area contributed by atoms with E-state index in [1.807, 2.05) is 24.9 Å². The first-order chi connectivity index (χ1) is 7.61. The van der Waals surface area contributed by atoms with Gasteiger partial charge in [0.25, 0.3) is 0 Å². The van der Waals surface area contributed by atoms with Gasteiger partial charge in [-0.3, -0.25) is 0 Å². The molecule has 0 spiro atoms. The Morgan fingerprint density at radius 2 is 2.25 bits per heavy atom. The fourth-order valence-electron chi connectivity index (χ4n) is 1.52.